The van der Waals surface area contributed by atoms with Crippen molar-refractivity contribution in [3.05, 3.63) is 42.1 Å². The Bertz CT molecular complexity index is 419. The van der Waals surface area contributed by atoms with Gasteiger partial charge in [-0.25, -0.2) is 0 Å². The van der Waals surface area contributed by atoms with Gasteiger partial charge in [0.1, 0.15) is 5.75 Å². The van der Waals surface area contributed by atoms with Crippen LogP contribution in [0.1, 0.15) is 23.7 Å². The van der Waals surface area contributed by atoms with Crippen molar-refractivity contribution in [1.82, 2.24) is 5.32 Å². The van der Waals surface area contributed by atoms with Crippen molar-refractivity contribution in [3.8, 4) is 5.75 Å². The summed E-state index contributed by atoms with van der Waals surface area (Å²) in [4.78, 5) is 11.6. The van der Waals surface area contributed by atoms with Gasteiger partial charge in [0.25, 0.3) is 5.91 Å². The van der Waals surface area contributed by atoms with E-state index in [1.807, 2.05) is 6.92 Å². The largest absolute Gasteiger partial charge is 0.435 e. The molecule has 92 valence electrons. The van der Waals surface area contributed by atoms with E-state index in [-0.39, 0.29) is 11.3 Å². The number of hydrogen-bond acceptors (Lipinski definition) is 2. The molecule has 0 atom stereocenters. The molecule has 0 aliphatic rings. The van der Waals surface area contributed by atoms with Gasteiger partial charge >= 0.3 is 6.61 Å². The smallest absolute Gasteiger partial charge is 0.387 e. The van der Waals surface area contributed by atoms with E-state index in [9.17, 15) is 13.6 Å². The molecule has 0 heterocycles. The Kier molecular flexibility index (Phi) is 4.63. The highest BCUT2D eigenvalue weighted by molar-refractivity contribution is 5.95. The summed E-state index contributed by atoms with van der Waals surface area (Å²) in [5.74, 6) is -0.439. The van der Waals surface area contributed by atoms with Gasteiger partial charge in [-0.3, -0.25) is 4.79 Å². The lowest BCUT2D eigenvalue weighted by Gasteiger charge is -2.08. The summed E-state index contributed by atoms with van der Waals surface area (Å²) < 4.78 is 28.2. The molecule has 0 aliphatic heterocycles. The van der Waals surface area contributed by atoms with Gasteiger partial charge in [-0.2, -0.15) is 8.78 Å². The molecular formula is C12H13F2NO2. The molecule has 17 heavy (non-hydrogen) atoms. The van der Waals surface area contributed by atoms with Crippen LogP contribution in [0.4, 0.5) is 8.78 Å². The van der Waals surface area contributed by atoms with Gasteiger partial charge in [-0.05, 0) is 24.6 Å². The number of allylic oxidation sites excluding steroid dienone is 1. The lowest BCUT2D eigenvalue weighted by atomic mass is 10.2. The molecule has 0 radical (unpaired) electrons. The zero-order chi connectivity index (χ0) is 12.8. The summed E-state index contributed by atoms with van der Waals surface area (Å²) in [6, 6.07) is 5.60. The van der Waals surface area contributed by atoms with Gasteiger partial charge in [0.05, 0.1) is 0 Å². The number of rotatable bonds is 5. The Balaban J connectivity index is 2.77. The van der Waals surface area contributed by atoms with Crippen LogP contribution in [0.25, 0.3) is 0 Å². The summed E-state index contributed by atoms with van der Waals surface area (Å²) in [5.41, 5.74) is 0.813. The SMILES string of the molecule is C=C(CC)NC(=O)c1cccc(OC(F)F)c1. The lowest BCUT2D eigenvalue weighted by molar-refractivity contribution is -0.0498. The van der Waals surface area contributed by atoms with Crippen LogP contribution in [-0.4, -0.2) is 12.5 Å². The van der Waals surface area contributed by atoms with Crippen LogP contribution in [0.2, 0.25) is 0 Å². The molecule has 0 saturated carbocycles. The molecule has 5 heteroatoms. The van der Waals surface area contributed by atoms with E-state index in [2.05, 4.69) is 16.6 Å². The Morgan fingerprint density at radius 2 is 2.24 bits per heavy atom. The van der Waals surface area contributed by atoms with Gasteiger partial charge in [-0.15, -0.1) is 0 Å². The van der Waals surface area contributed by atoms with E-state index >= 15 is 0 Å². The summed E-state index contributed by atoms with van der Waals surface area (Å²) in [7, 11) is 0. The molecule has 1 rings (SSSR count). The van der Waals surface area contributed by atoms with E-state index in [1.165, 1.54) is 24.3 Å². The van der Waals surface area contributed by atoms with E-state index in [0.717, 1.165) is 0 Å². The molecule has 1 N–H and O–H groups in total. The Morgan fingerprint density at radius 1 is 1.53 bits per heavy atom. The molecule has 3 nitrogen and oxygen atoms in total. The van der Waals surface area contributed by atoms with Gasteiger partial charge < -0.3 is 10.1 Å². The molecule has 0 saturated heterocycles. The Morgan fingerprint density at radius 3 is 2.82 bits per heavy atom. The second-order valence-electron chi connectivity index (χ2n) is 3.32. The summed E-state index contributed by atoms with van der Waals surface area (Å²) in [6.07, 6.45) is 0.610. The van der Waals surface area contributed by atoms with Crippen LogP contribution in [0.3, 0.4) is 0 Å². The molecule has 0 fully saturated rings. The van der Waals surface area contributed by atoms with Crippen molar-refractivity contribution in [1.29, 1.82) is 0 Å². The summed E-state index contributed by atoms with van der Waals surface area (Å²) >= 11 is 0. The second kappa shape index (κ2) is 5.98. The third kappa shape index (κ3) is 4.22. The zero-order valence-corrected chi connectivity index (χ0v) is 9.37. The Hall–Kier alpha value is -1.91. The molecular weight excluding hydrogens is 228 g/mol. The monoisotopic (exact) mass is 241 g/mol. The fourth-order valence-corrected chi connectivity index (χ4v) is 1.13. The number of nitrogens with one attached hydrogen (secondary N) is 1. The maximum absolute atomic E-state index is 12.0. The minimum Gasteiger partial charge on any atom is -0.435 e. The molecule has 0 spiro atoms. The number of ether oxygens (including phenoxy) is 1. The number of carbonyl (C=O) groups excluding carboxylic acids is 1. The fourth-order valence-electron chi connectivity index (χ4n) is 1.13. The topological polar surface area (TPSA) is 38.3 Å². The van der Waals surface area contributed by atoms with Crippen LogP contribution >= 0.6 is 0 Å². The first kappa shape index (κ1) is 13.2. The van der Waals surface area contributed by atoms with Crippen molar-refractivity contribution in [3.63, 3.8) is 0 Å². The first-order valence-electron chi connectivity index (χ1n) is 5.07. The standard InChI is InChI=1S/C12H13F2NO2/c1-3-8(2)15-11(16)9-5-4-6-10(7-9)17-12(13)14/h4-7,12H,2-3H2,1H3,(H,15,16). The predicted molar refractivity (Wildman–Crippen MR) is 60.0 cm³/mol. The third-order valence-corrected chi connectivity index (χ3v) is 2.04. The number of hydrogen-bond donors (Lipinski definition) is 1. The lowest BCUT2D eigenvalue weighted by Crippen LogP contribution is -2.21. The molecule has 1 aromatic carbocycles. The molecule has 0 bridgehead atoms. The number of halogens is 2. The minimum atomic E-state index is -2.90. The average molecular weight is 241 g/mol. The number of benzene rings is 1. The van der Waals surface area contributed by atoms with Gasteiger partial charge in [-0.1, -0.05) is 19.6 Å². The normalized spacial score (nSPS) is 10.1. The van der Waals surface area contributed by atoms with Crippen LogP contribution in [0, 0.1) is 0 Å². The highest BCUT2D eigenvalue weighted by atomic mass is 19.3. The highest BCUT2D eigenvalue weighted by Gasteiger charge is 2.09. The van der Waals surface area contributed by atoms with Crippen molar-refractivity contribution in [2.45, 2.75) is 20.0 Å². The van der Waals surface area contributed by atoms with Crippen molar-refractivity contribution >= 4 is 5.91 Å². The number of amides is 1. The molecule has 1 aromatic rings. The maximum Gasteiger partial charge on any atom is 0.387 e. The van der Waals surface area contributed by atoms with Crippen LogP contribution in [-0.2, 0) is 0 Å². The third-order valence-electron chi connectivity index (χ3n) is 2.04. The highest BCUT2D eigenvalue weighted by Crippen LogP contribution is 2.16. The summed E-state index contributed by atoms with van der Waals surface area (Å²) in [6.45, 7) is 2.57. The molecule has 0 aromatic heterocycles. The van der Waals surface area contributed by atoms with E-state index in [0.29, 0.717) is 12.1 Å². The predicted octanol–water partition coefficient (Wildman–Crippen LogP) is 2.94. The van der Waals surface area contributed by atoms with E-state index in [1.54, 1.807) is 0 Å². The summed E-state index contributed by atoms with van der Waals surface area (Å²) in [5, 5.41) is 2.55. The first-order chi connectivity index (χ1) is 8.02. The average Bonchev–Trinajstić information content (AvgIpc) is 2.28. The van der Waals surface area contributed by atoms with Crippen LogP contribution in [0.15, 0.2) is 36.5 Å². The van der Waals surface area contributed by atoms with Gasteiger partial charge in [0, 0.05) is 11.3 Å². The Labute approximate surface area is 98.1 Å². The maximum atomic E-state index is 12.0. The van der Waals surface area contributed by atoms with Crippen molar-refractivity contribution < 1.29 is 18.3 Å². The van der Waals surface area contributed by atoms with Gasteiger partial charge in [0.15, 0.2) is 0 Å². The number of alkyl halides is 2. The fraction of sp³-hybridized carbons (Fsp3) is 0.250. The first-order valence-corrected chi connectivity index (χ1v) is 5.07. The van der Waals surface area contributed by atoms with Crippen LogP contribution < -0.4 is 10.1 Å². The van der Waals surface area contributed by atoms with Crippen molar-refractivity contribution in [2.24, 2.45) is 0 Å². The van der Waals surface area contributed by atoms with E-state index < -0.39 is 12.5 Å². The second-order valence-corrected chi connectivity index (χ2v) is 3.32. The van der Waals surface area contributed by atoms with Crippen LogP contribution in [0.5, 0.6) is 5.75 Å². The molecule has 0 unspecified atom stereocenters. The minimum absolute atomic E-state index is 0.0465. The van der Waals surface area contributed by atoms with Gasteiger partial charge in [0.2, 0.25) is 0 Å². The number of carbonyl (C=O) groups is 1. The van der Waals surface area contributed by atoms with Crippen molar-refractivity contribution in [2.75, 3.05) is 0 Å². The molecule has 1 amide bonds. The van der Waals surface area contributed by atoms with E-state index in [4.69, 9.17) is 0 Å². The quantitative estimate of drug-likeness (QED) is 0.860. The molecule has 0 aliphatic carbocycles. The zero-order valence-electron chi connectivity index (χ0n) is 9.37.